The van der Waals surface area contributed by atoms with Gasteiger partial charge in [-0.2, -0.15) is 0 Å². The molecule has 3 saturated heterocycles. The van der Waals surface area contributed by atoms with Gasteiger partial charge in [-0.1, -0.05) is 23.7 Å². The first-order valence-corrected chi connectivity index (χ1v) is 14.5. The third-order valence-electron chi connectivity index (χ3n) is 8.21. The van der Waals surface area contributed by atoms with Gasteiger partial charge < -0.3 is 29.7 Å². The zero-order valence-corrected chi connectivity index (χ0v) is 23.7. The molecule has 2 N–H and O–H groups in total. The summed E-state index contributed by atoms with van der Waals surface area (Å²) >= 11 is 6.05. The summed E-state index contributed by atoms with van der Waals surface area (Å²) in [6.45, 7) is 5.33. The van der Waals surface area contributed by atoms with Crippen LogP contribution in [-0.2, 0) is 14.2 Å². The van der Waals surface area contributed by atoms with Gasteiger partial charge in [0.05, 0.1) is 24.9 Å². The molecule has 0 spiro atoms. The second-order valence-electron chi connectivity index (χ2n) is 10.8. The van der Waals surface area contributed by atoms with Crippen LogP contribution in [0.5, 0.6) is 0 Å². The van der Waals surface area contributed by atoms with E-state index in [4.69, 9.17) is 25.8 Å². The second kappa shape index (κ2) is 13.4. The van der Waals surface area contributed by atoms with Crippen LogP contribution in [0.15, 0.2) is 30.6 Å². The highest BCUT2D eigenvalue weighted by molar-refractivity contribution is 6.30. The molecule has 4 atom stereocenters. The molecular weight excluding hydrogens is 518 g/mol. The van der Waals surface area contributed by atoms with Crippen molar-refractivity contribution in [2.45, 2.75) is 75.8 Å². The number of methoxy groups -OCH3 is 1. The number of hydrogen-bond donors (Lipinski definition) is 2. The lowest BCUT2D eigenvalue weighted by molar-refractivity contribution is -0.0533. The van der Waals surface area contributed by atoms with Crippen LogP contribution >= 0.6 is 11.6 Å². The number of aromatic nitrogens is 2. The van der Waals surface area contributed by atoms with Crippen molar-refractivity contribution in [3.05, 3.63) is 52.4 Å². The van der Waals surface area contributed by atoms with Crippen LogP contribution in [0.25, 0.3) is 0 Å². The molecule has 1 amide bonds. The molecule has 5 rings (SSSR count). The van der Waals surface area contributed by atoms with Gasteiger partial charge in [-0.05, 0) is 63.1 Å². The van der Waals surface area contributed by atoms with Crippen molar-refractivity contribution in [2.24, 2.45) is 0 Å². The number of halogens is 1. The van der Waals surface area contributed by atoms with Gasteiger partial charge in [0, 0.05) is 56.0 Å². The van der Waals surface area contributed by atoms with Crippen LogP contribution in [0.4, 0.5) is 5.82 Å². The quantitative estimate of drug-likeness (QED) is 0.499. The first-order valence-electron chi connectivity index (χ1n) is 14.1. The molecule has 212 valence electrons. The van der Waals surface area contributed by atoms with E-state index in [-0.39, 0.29) is 24.2 Å². The molecule has 0 saturated carbocycles. The largest absolute Gasteiger partial charge is 0.379 e. The fourth-order valence-corrected chi connectivity index (χ4v) is 5.99. The number of hydrogen-bond acceptors (Lipinski definition) is 8. The lowest BCUT2D eigenvalue weighted by Gasteiger charge is -2.38. The van der Waals surface area contributed by atoms with Crippen molar-refractivity contribution in [3.8, 4) is 0 Å². The maximum Gasteiger partial charge on any atom is 0.272 e. The Bertz CT molecular complexity index is 1100. The normalized spacial score (nSPS) is 26.4. The van der Waals surface area contributed by atoms with E-state index in [0.29, 0.717) is 49.8 Å². The molecule has 3 aliphatic rings. The summed E-state index contributed by atoms with van der Waals surface area (Å²) in [5.74, 6) is 0.654. The molecule has 4 heterocycles. The average Bonchev–Trinajstić information content (AvgIpc) is 2.97. The molecule has 39 heavy (non-hydrogen) atoms. The van der Waals surface area contributed by atoms with E-state index >= 15 is 0 Å². The number of anilines is 1. The van der Waals surface area contributed by atoms with Gasteiger partial charge in [-0.25, -0.2) is 9.97 Å². The van der Waals surface area contributed by atoms with E-state index in [1.54, 1.807) is 7.11 Å². The SMILES string of the molecule is CO[C@@H]1COCC[C@@H]1NC1CCN(C(=O)c2ncnc(NC[C@@H]3CCCC(c4ccc(Cl)cc4)O3)c2C)CC1. The predicted octanol–water partition coefficient (Wildman–Crippen LogP) is 4.16. The number of likely N-dealkylation sites (tertiary alicyclic amines) is 1. The summed E-state index contributed by atoms with van der Waals surface area (Å²) in [6.07, 6.45) is 7.51. The Morgan fingerprint density at radius 3 is 2.69 bits per heavy atom. The number of carbonyl (C=O) groups is 1. The highest BCUT2D eigenvalue weighted by Gasteiger charge is 2.31. The zero-order valence-electron chi connectivity index (χ0n) is 22.9. The van der Waals surface area contributed by atoms with Gasteiger partial charge >= 0.3 is 0 Å². The van der Waals surface area contributed by atoms with Crippen molar-refractivity contribution < 1.29 is 19.0 Å². The summed E-state index contributed by atoms with van der Waals surface area (Å²) in [6, 6.07) is 8.55. The topological polar surface area (TPSA) is 97.8 Å². The van der Waals surface area contributed by atoms with Gasteiger partial charge in [-0.15, -0.1) is 0 Å². The number of benzene rings is 1. The third kappa shape index (κ3) is 7.08. The molecular formula is C29H40ClN5O4. The van der Waals surface area contributed by atoms with Crippen molar-refractivity contribution in [3.63, 3.8) is 0 Å². The molecule has 1 aromatic heterocycles. The van der Waals surface area contributed by atoms with E-state index in [9.17, 15) is 4.79 Å². The molecule has 0 bridgehead atoms. The summed E-state index contributed by atoms with van der Waals surface area (Å²) in [7, 11) is 1.74. The van der Waals surface area contributed by atoms with Crippen LogP contribution < -0.4 is 10.6 Å². The number of piperidine rings is 1. The molecule has 10 heteroatoms. The number of nitrogens with one attached hydrogen (secondary N) is 2. The van der Waals surface area contributed by atoms with Crippen LogP contribution in [0, 0.1) is 6.92 Å². The van der Waals surface area contributed by atoms with E-state index in [0.717, 1.165) is 61.3 Å². The van der Waals surface area contributed by atoms with Crippen molar-refractivity contribution in [1.82, 2.24) is 20.2 Å². The standard InChI is InChI=1S/C29H40ClN5O4/c1-19-27(29(36)35-13-10-22(11-14-35)34-24-12-15-38-17-26(24)37-2)32-18-33-28(19)31-16-23-4-3-5-25(39-23)20-6-8-21(30)9-7-20/h6-9,18,22-26,34H,3-5,10-17H2,1-2H3,(H,31,32,33)/t23-,24-,25?,26+/m0/s1. The number of nitrogens with zero attached hydrogens (tertiary/aromatic N) is 3. The fourth-order valence-electron chi connectivity index (χ4n) is 5.86. The van der Waals surface area contributed by atoms with Gasteiger partial charge in [0.15, 0.2) is 0 Å². The maximum atomic E-state index is 13.4. The zero-order chi connectivity index (χ0) is 27.2. The van der Waals surface area contributed by atoms with Crippen LogP contribution in [0.1, 0.15) is 66.2 Å². The van der Waals surface area contributed by atoms with Gasteiger partial charge in [0.1, 0.15) is 17.8 Å². The van der Waals surface area contributed by atoms with E-state index in [1.165, 1.54) is 6.33 Å². The Hall–Kier alpha value is -2.30. The molecule has 0 radical (unpaired) electrons. The molecule has 1 aromatic carbocycles. The Morgan fingerprint density at radius 2 is 1.92 bits per heavy atom. The molecule has 2 aromatic rings. The van der Waals surface area contributed by atoms with Gasteiger partial charge in [0.2, 0.25) is 0 Å². The Kier molecular flexibility index (Phi) is 9.68. The molecule has 3 aliphatic heterocycles. The third-order valence-corrected chi connectivity index (χ3v) is 8.47. The minimum Gasteiger partial charge on any atom is -0.379 e. The van der Waals surface area contributed by atoms with Crippen LogP contribution in [0.2, 0.25) is 5.02 Å². The molecule has 1 unspecified atom stereocenters. The summed E-state index contributed by atoms with van der Waals surface area (Å²) < 4.78 is 17.5. The minimum absolute atomic E-state index is 0.0334. The molecule has 9 nitrogen and oxygen atoms in total. The van der Waals surface area contributed by atoms with Gasteiger partial charge in [0.25, 0.3) is 5.91 Å². The molecule has 3 fully saturated rings. The van der Waals surface area contributed by atoms with Gasteiger partial charge in [-0.3, -0.25) is 4.79 Å². The Labute approximate surface area is 236 Å². The highest BCUT2D eigenvalue weighted by Crippen LogP contribution is 2.32. The van der Waals surface area contributed by atoms with Crippen molar-refractivity contribution in [2.75, 3.05) is 45.3 Å². The lowest BCUT2D eigenvalue weighted by atomic mass is 9.98. The number of carbonyl (C=O) groups excluding carboxylic acids is 1. The number of ether oxygens (including phenoxy) is 3. The molecule has 0 aliphatic carbocycles. The minimum atomic E-state index is -0.0334. The number of rotatable bonds is 8. The van der Waals surface area contributed by atoms with E-state index in [1.807, 2.05) is 36.1 Å². The van der Waals surface area contributed by atoms with E-state index in [2.05, 4.69) is 20.6 Å². The Morgan fingerprint density at radius 1 is 1.13 bits per heavy atom. The van der Waals surface area contributed by atoms with E-state index < -0.39 is 0 Å². The van der Waals surface area contributed by atoms with Crippen LogP contribution in [0.3, 0.4) is 0 Å². The summed E-state index contributed by atoms with van der Waals surface area (Å²) in [5.41, 5.74) is 2.39. The lowest BCUT2D eigenvalue weighted by Crippen LogP contribution is -2.54. The summed E-state index contributed by atoms with van der Waals surface area (Å²) in [4.78, 5) is 24.1. The van der Waals surface area contributed by atoms with Crippen LogP contribution in [-0.4, -0.2) is 85.0 Å². The first kappa shape index (κ1) is 28.2. The fraction of sp³-hybridized carbons (Fsp3) is 0.621. The predicted molar refractivity (Wildman–Crippen MR) is 150 cm³/mol. The second-order valence-corrected chi connectivity index (χ2v) is 11.2. The van der Waals surface area contributed by atoms with Crippen molar-refractivity contribution >= 4 is 23.3 Å². The first-order chi connectivity index (χ1) is 19.0. The highest BCUT2D eigenvalue weighted by atomic mass is 35.5. The van der Waals surface area contributed by atoms with Crippen molar-refractivity contribution in [1.29, 1.82) is 0 Å². The smallest absolute Gasteiger partial charge is 0.272 e. The monoisotopic (exact) mass is 557 g/mol. The average molecular weight is 558 g/mol. The Balaban J connectivity index is 1.13. The maximum absolute atomic E-state index is 13.4. The number of amides is 1. The summed E-state index contributed by atoms with van der Waals surface area (Å²) in [5, 5.41) is 7.90.